The van der Waals surface area contributed by atoms with Gasteiger partial charge in [0.1, 0.15) is 11.4 Å². The molecule has 1 saturated heterocycles. The van der Waals surface area contributed by atoms with Crippen LogP contribution in [0.1, 0.15) is 47.1 Å². The molecule has 8 nitrogen and oxygen atoms in total. The molecule has 0 spiro atoms. The van der Waals surface area contributed by atoms with Crippen molar-refractivity contribution >= 4 is 51.7 Å². The fourth-order valence-corrected chi connectivity index (χ4v) is 5.28. The summed E-state index contributed by atoms with van der Waals surface area (Å²) >= 11 is 12.1. The molecule has 0 saturated carbocycles. The van der Waals surface area contributed by atoms with Crippen LogP contribution in [0.5, 0.6) is 0 Å². The van der Waals surface area contributed by atoms with Gasteiger partial charge in [0.05, 0.1) is 34.4 Å². The zero-order valence-electron chi connectivity index (χ0n) is 24.4. The first-order valence-corrected chi connectivity index (χ1v) is 14.6. The lowest BCUT2D eigenvalue weighted by Crippen LogP contribution is -2.49. The molecule has 0 radical (unpaired) electrons. The number of esters is 1. The van der Waals surface area contributed by atoms with Crippen LogP contribution in [0.2, 0.25) is 10.0 Å². The van der Waals surface area contributed by atoms with E-state index in [9.17, 15) is 18.8 Å². The van der Waals surface area contributed by atoms with Gasteiger partial charge in [0.2, 0.25) is 0 Å². The Morgan fingerprint density at radius 2 is 1.56 bits per heavy atom. The van der Waals surface area contributed by atoms with Gasteiger partial charge in [-0.25, -0.2) is 9.18 Å². The van der Waals surface area contributed by atoms with Crippen LogP contribution in [0.15, 0.2) is 71.5 Å². The number of fused-ring (bicyclic) bond motifs is 1. The van der Waals surface area contributed by atoms with E-state index in [1.165, 1.54) is 16.7 Å². The summed E-state index contributed by atoms with van der Waals surface area (Å²) in [5.74, 6) is -1.26. The van der Waals surface area contributed by atoms with E-state index in [0.717, 1.165) is 0 Å². The second-order valence-corrected chi connectivity index (χ2v) is 10.2. The number of hydrogen-bond donors (Lipinski definition) is 1. The maximum Gasteiger partial charge on any atom is 0.345 e. The van der Waals surface area contributed by atoms with Crippen molar-refractivity contribution in [3.63, 3.8) is 0 Å². The molecule has 1 aliphatic heterocycles. The Hall–Kier alpha value is -3.92. The normalized spacial score (nSPS) is 12.7. The monoisotopic (exact) mass is 628 g/mol. The first-order chi connectivity index (χ1) is 20.3. The molecule has 0 aliphatic carbocycles. The minimum atomic E-state index is -0.713. The number of nitrogens with zero attached hydrogens (tertiary/aromatic N) is 3. The molecule has 1 aliphatic rings. The van der Waals surface area contributed by atoms with Crippen LogP contribution >= 0.6 is 23.2 Å². The van der Waals surface area contributed by atoms with Crippen LogP contribution in [0.4, 0.5) is 10.1 Å². The van der Waals surface area contributed by atoms with Gasteiger partial charge in [-0.05, 0) is 48.9 Å². The number of aromatic nitrogens is 1. The summed E-state index contributed by atoms with van der Waals surface area (Å²) in [5.41, 5.74) is 1.71. The van der Waals surface area contributed by atoms with Crippen LogP contribution in [0.25, 0.3) is 10.9 Å². The lowest BCUT2D eigenvalue weighted by Gasteiger charge is -2.37. The summed E-state index contributed by atoms with van der Waals surface area (Å²) in [4.78, 5) is 44.0. The van der Waals surface area contributed by atoms with E-state index in [1.807, 2.05) is 43.0 Å². The average Bonchev–Trinajstić information content (AvgIpc) is 3.01. The fourth-order valence-electron chi connectivity index (χ4n) is 4.98. The Morgan fingerprint density at radius 1 is 0.907 bits per heavy atom. The highest BCUT2D eigenvalue weighted by molar-refractivity contribution is 6.42. The van der Waals surface area contributed by atoms with Crippen molar-refractivity contribution in [1.29, 1.82) is 0 Å². The predicted molar refractivity (Wildman–Crippen MR) is 171 cm³/mol. The molecular formula is C32H35Cl2FN4O4. The van der Waals surface area contributed by atoms with Crippen molar-refractivity contribution in [2.45, 2.75) is 27.3 Å². The zero-order chi connectivity index (χ0) is 30.4. The minimum Gasteiger partial charge on any atom is -0.462 e. The minimum absolute atomic E-state index is 0. The fraction of sp³-hybridized carbons (Fsp3) is 0.281. The second-order valence-electron chi connectivity index (χ2n) is 9.39. The molecule has 0 atom stereocenters. The number of carbonyl (C=O) groups excluding carboxylic acids is 2. The molecule has 43 heavy (non-hydrogen) atoms. The smallest absolute Gasteiger partial charge is 0.345 e. The molecule has 0 bridgehead atoms. The van der Waals surface area contributed by atoms with Crippen LogP contribution in [0, 0.1) is 5.82 Å². The Kier molecular flexibility index (Phi) is 11.7. The summed E-state index contributed by atoms with van der Waals surface area (Å²) in [6.45, 7) is 7.47. The largest absolute Gasteiger partial charge is 0.462 e. The molecule has 4 aromatic rings. The Labute approximate surface area is 260 Å². The molecule has 228 valence electrons. The van der Waals surface area contributed by atoms with Gasteiger partial charge >= 0.3 is 5.97 Å². The van der Waals surface area contributed by atoms with Gasteiger partial charge in [-0.3, -0.25) is 9.59 Å². The number of para-hydroxylation sites is 1. The third-order valence-corrected chi connectivity index (χ3v) is 7.67. The number of piperazine rings is 1. The van der Waals surface area contributed by atoms with Gasteiger partial charge in [0.15, 0.2) is 0 Å². The Morgan fingerprint density at radius 3 is 2.19 bits per heavy atom. The van der Waals surface area contributed by atoms with Crippen LogP contribution < -0.4 is 16.6 Å². The third-order valence-electron chi connectivity index (χ3n) is 6.93. The molecule has 11 heteroatoms. The first kappa shape index (κ1) is 33.6. The number of carbonyl (C=O) groups is 2. The van der Waals surface area contributed by atoms with Crippen molar-refractivity contribution in [2.75, 3.05) is 37.7 Å². The molecule has 1 aromatic heterocycles. The summed E-state index contributed by atoms with van der Waals surface area (Å²) < 4.78 is 20.4. The molecule has 2 heterocycles. The van der Waals surface area contributed by atoms with E-state index in [1.54, 1.807) is 42.2 Å². The number of halogens is 3. The number of hydrogen-bond acceptors (Lipinski definition) is 6. The highest BCUT2D eigenvalue weighted by Gasteiger charge is 2.30. The third kappa shape index (κ3) is 7.18. The average molecular weight is 630 g/mol. The van der Waals surface area contributed by atoms with Gasteiger partial charge in [0.25, 0.3) is 11.5 Å². The number of rotatable bonds is 6. The summed E-state index contributed by atoms with van der Waals surface area (Å²) in [6.07, 6.45) is 0. The number of pyridine rings is 1. The van der Waals surface area contributed by atoms with Gasteiger partial charge < -0.3 is 25.3 Å². The van der Waals surface area contributed by atoms with Gasteiger partial charge in [-0.2, -0.15) is 0 Å². The summed E-state index contributed by atoms with van der Waals surface area (Å²) in [6, 6.07) is 18.0. The number of ether oxygens (including phenoxy) is 1. The van der Waals surface area contributed by atoms with Crippen molar-refractivity contribution in [2.24, 2.45) is 0 Å². The van der Waals surface area contributed by atoms with E-state index in [2.05, 4.69) is 0 Å². The lowest BCUT2D eigenvalue weighted by atomic mass is 10.0. The Balaban J connectivity index is 0.00000165. The van der Waals surface area contributed by atoms with Gasteiger partial charge in [-0.15, -0.1) is 0 Å². The van der Waals surface area contributed by atoms with Crippen molar-refractivity contribution < 1.29 is 18.7 Å². The summed E-state index contributed by atoms with van der Waals surface area (Å²) in [5, 5.41) is 1.38. The zero-order valence-corrected chi connectivity index (χ0v) is 25.9. The SMILES string of the molecule is CC.CCOC(=O)c1c(N2CCN(C(=O)c3ccc(Cl)c(Cl)c3)CC2)c2ccccc2n(Cc2ccc(F)cc2)c1=O.N. The maximum absolute atomic E-state index is 13.9. The molecule has 3 N–H and O–H groups in total. The van der Waals surface area contributed by atoms with Crippen LogP contribution in [0.3, 0.4) is 0 Å². The van der Waals surface area contributed by atoms with Crippen molar-refractivity contribution in [3.8, 4) is 0 Å². The van der Waals surface area contributed by atoms with E-state index in [-0.39, 0.29) is 36.6 Å². The van der Waals surface area contributed by atoms with E-state index in [0.29, 0.717) is 63.9 Å². The molecule has 0 unspecified atom stereocenters. The maximum atomic E-state index is 13.9. The van der Waals surface area contributed by atoms with E-state index in [4.69, 9.17) is 27.9 Å². The van der Waals surface area contributed by atoms with E-state index >= 15 is 0 Å². The summed E-state index contributed by atoms with van der Waals surface area (Å²) in [7, 11) is 0. The second kappa shape index (κ2) is 15.0. The lowest BCUT2D eigenvalue weighted by molar-refractivity contribution is 0.0523. The first-order valence-electron chi connectivity index (χ1n) is 13.8. The number of anilines is 1. The van der Waals surface area contributed by atoms with Crippen LogP contribution in [-0.4, -0.2) is 54.1 Å². The van der Waals surface area contributed by atoms with Gasteiger partial charge in [0, 0.05) is 37.1 Å². The molecule has 5 rings (SSSR count). The standard InChI is InChI=1S/C30H26Cl2FN3O4.C2H6.H3N/c1-2-40-30(39)26-27(34-13-15-35(16-14-34)28(37)20-9-12-23(31)24(32)17-20)22-5-3-4-6-25(22)36(29(26)38)18-19-7-10-21(33)11-8-19;1-2;/h3-12,17H,2,13-16,18H2,1H3;1-2H3;1H3. The number of amides is 1. The highest BCUT2D eigenvalue weighted by Crippen LogP contribution is 2.31. The van der Waals surface area contributed by atoms with Crippen molar-refractivity contribution in [3.05, 3.63) is 110 Å². The van der Waals surface area contributed by atoms with E-state index < -0.39 is 11.5 Å². The Bertz CT molecular complexity index is 1650. The van der Waals surface area contributed by atoms with Crippen molar-refractivity contribution in [1.82, 2.24) is 15.6 Å². The topological polar surface area (TPSA) is 107 Å². The molecular weight excluding hydrogens is 594 g/mol. The molecule has 1 fully saturated rings. The molecule has 3 aromatic carbocycles. The van der Waals surface area contributed by atoms with Crippen LogP contribution in [-0.2, 0) is 11.3 Å². The van der Waals surface area contributed by atoms with Gasteiger partial charge in [-0.1, -0.05) is 67.4 Å². The number of benzene rings is 3. The predicted octanol–water partition coefficient (Wildman–Crippen LogP) is 6.82. The molecule has 1 amide bonds. The quantitative estimate of drug-likeness (QED) is 0.235. The highest BCUT2D eigenvalue weighted by atomic mass is 35.5.